The van der Waals surface area contributed by atoms with Crippen LogP contribution in [0.4, 0.5) is 17.5 Å². The number of nitrogens with one attached hydrogen (secondary N) is 2. The first-order valence-electron chi connectivity index (χ1n) is 10.5. The molecule has 2 aliphatic heterocycles. The molecule has 2 saturated heterocycles. The van der Waals surface area contributed by atoms with Crippen LogP contribution in [0.25, 0.3) is 11.0 Å². The zero-order chi connectivity index (χ0) is 19.8. The molecule has 0 amide bonds. The summed E-state index contributed by atoms with van der Waals surface area (Å²) in [5.74, 6) is 1.36. The van der Waals surface area contributed by atoms with E-state index in [9.17, 15) is 0 Å². The highest BCUT2D eigenvalue weighted by molar-refractivity contribution is 5.84. The van der Waals surface area contributed by atoms with Gasteiger partial charge in [0.25, 0.3) is 0 Å². The van der Waals surface area contributed by atoms with Gasteiger partial charge in [0.2, 0.25) is 5.95 Å². The van der Waals surface area contributed by atoms with Crippen LogP contribution >= 0.6 is 0 Å². The highest BCUT2D eigenvalue weighted by Gasteiger charge is 2.19. The number of fused-ring (bicyclic) bond motifs is 1. The summed E-state index contributed by atoms with van der Waals surface area (Å²) in [5, 5.41) is 10.2. The first-order chi connectivity index (χ1) is 14.2. The van der Waals surface area contributed by atoms with Gasteiger partial charge in [-0.05, 0) is 44.4 Å². The van der Waals surface area contributed by atoms with Crippen LogP contribution in [-0.4, -0.2) is 58.9 Å². The SMILES string of the molecule is Cc1cn(N2CCCC2)c2nc(Nc3ccc(N4CCNCC4)cn3)nc(C)c12. The maximum atomic E-state index is 4.85. The molecular weight excluding hydrogens is 364 g/mol. The van der Waals surface area contributed by atoms with Crippen LogP contribution in [0.15, 0.2) is 24.5 Å². The fourth-order valence-corrected chi connectivity index (χ4v) is 4.37. The number of aryl methyl sites for hydroxylation is 2. The number of piperazine rings is 1. The molecule has 0 atom stereocenters. The van der Waals surface area contributed by atoms with Crippen LogP contribution in [0.5, 0.6) is 0 Å². The van der Waals surface area contributed by atoms with E-state index in [2.05, 4.69) is 56.3 Å². The average molecular weight is 393 g/mol. The second-order valence-electron chi connectivity index (χ2n) is 7.91. The summed E-state index contributed by atoms with van der Waals surface area (Å²) in [6, 6.07) is 4.12. The Balaban J connectivity index is 1.42. The zero-order valence-electron chi connectivity index (χ0n) is 17.1. The normalized spacial score (nSPS) is 17.3. The standard InChI is InChI=1S/C21H28N8/c1-15-14-29(28-9-3-4-10-28)20-19(15)16(2)24-21(26-20)25-18-6-5-17(13-23-18)27-11-7-22-8-12-27/h5-6,13-14,22H,3-4,7-12H2,1-2H3,(H,23,24,25,26). The molecule has 2 N–H and O–H groups in total. The second-order valence-corrected chi connectivity index (χ2v) is 7.91. The first kappa shape index (κ1) is 18.2. The summed E-state index contributed by atoms with van der Waals surface area (Å²) in [4.78, 5) is 16.5. The van der Waals surface area contributed by atoms with Crippen molar-refractivity contribution in [1.29, 1.82) is 0 Å². The Kier molecular flexibility index (Phi) is 4.71. The Bertz CT molecular complexity index is 998. The van der Waals surface area contributed by atoms with E-state index >= 15 is 0 Å². The lowest BCUT2D eigenvalue weighted by Crippen LogP contribution is -2.43. The van der Waals surface area contributed by atoms with E-state index in [4.69, 9.17) is 9.97 Å². The van der Waals surface area contributed by atoms with Gasteiger partial charge in [-0.3, -0.25) is 0 Å². The quantitative estimate of drug-likeness (QED) is 0.706. The van der Waals surface area contributed by atoms with E-state index in [1.165, 1.54) is 18.4 Å². The topological polar surface area (TPSA) is 74.1 Å². The molecule has 0 aromatic carbocycles. The van der Waals surface area contributed by atoms with E-state index in [1.807, 2.05) is 12.3 Å². The maximum Gasteiger partial charge on any atom is 0.230 e. The Hall–Kier alpha value is -2.87. The molecule has 5 heterocycles. The van der Waals surface area contributed by atoms with Gasteiger partial charge in [0.15, 0.2) is 5.65 Å². The predicted molar refractivity (Wildman–Crippen MR) is 117 cm³/mol. The number of anilines is 3. The van der Waals surface area contributed by atoms with E-state index in [0.717, 1.165) is 67.5 Å². The molecule has 0 saturated carbocycles. The molecule has 0 aliphatic carbocycles. The highest BCUT2D eigenvalue weighted by atomic mass is 15.6. The van der Waals surface area contributed by atoms with Crippen molar-refractivity contribution in [3.05, 3.63) is 35.8 Å². The number of nitrogens with zero attached hydrogens (tertiary/aromatic N) is 6. The number of rotatable bonds is 4. The van der Waals surface area contributed by atoms with Crippen LogP contribution in [0.3, 0.4) is 0 Å². The third-order valence-corrected chi connectivity index (χ3v) is 5.86. The number of hydrogen-bond acceptors (Lipinski definition) is 7. The molecule has 5 rings (SSSR count). The molecule has 2 aliphatic rings. The first-order valence-corrected chi connectivity index (χ1v) is 10.5. The van der Waals surface area contributed by atoms with Gasteiger partial charge >= 0.3 is 0 Å². The van der Waals surface area contributed by atoms with E-state index in [-0.39, 0.29) is 0 Å². The van der Waals surface area contributed by atoms with Crippen molar-refractivity contribution in [2.75, 3.05) is 54.5 Å². The van der Waals surface area contributed by atoms with Crippen LogP contribution in [0.1, 0.15) is 24.1 Å². The number of pyridine rings is 1. The molecule has 8 heteroatoms. The Morgan fingerprint density at radius 1 is 1.00 bits per heavy atom. The molecule has 0 radical (unpaired) electrons. The molecule has 3 aromatic heterocycles. The fourth-order valence-electron chi connectivity index (χ4n) is 4.37. The Labute approximate surface area is 170 Å². The van der Waals surface area contributed by atoms with Crippen molar-refractivity contribution in [3.63, 3.8) is 0 Å². The van der Waals surface area contributed by atoms with Crippen molar-refractivity contribution < 1.29 is 0 Å². The highest BCUT2D eigenvalue weighted by Crippen LogP contribution is 2.26. The molecule has 8 nitrogen and oxygen atoms in total. The van der Waals surface area contributed by atoms with Crippen molar-refractivity contribution in [2.45, 2.75) is 26.7 Å². The predicted octanol–water partition coefficient (Wildman–Crippen LogP) is 2.33. The van der Waals surface area contributed by atoms with Gasteiger partial charge in [-0.1, -0.05) is 0 Å². The molecule has 2 fully saturated rings. The minimum absolute atomic E-state index is 0.593. The molecular formula is C21H28N8. The lowest BCUT2D eigenvalue weighted by Gasteiger charge is -2.29. The smallest absolute Gasteiger partial charge is 0.230 e. The van der Waals surface area contributed by atoms with Crippen LogP contribution in [0, 0.1) is 13.8 Å². The van der Waals surface area contributed by atoms with Crippen molar-refractivity contribution in [3.8, 4) is 0 Å². The molecule has 29 heavy (non-hydrogen) atoms. The summed E-state index contributed by atoms with van der Waals surface area (Å²) in [6.45, 7) is 10.4. The minimum atomic E-state index is 0.593. The van der Waals surface area contributed by atoms with Gasteiger partial charge in [-0.25, -0.2) is 14.6 Å². The van der Waals surface area contributed by atoms with Gasteiger partial charge in [0, 0.05) is 50.9 Å². The Morgan fingerprint density at radius 2 is 1.79 bits per heavy atom. The summed E-state index contributed by atoms with van der Waals surface area (Å²) in [7, 11) is 0. The zero-order valence-corrected chi connectivity index (χ0v) is 17.1. The lowest BCUT2D eigenvalue weighted by molar-refractivity contribution is 0.589. The summed E-state index contributed by atoms with van der Waals surface area (Å²) in [5.41, 5.74) is 4.33. The molecule has 0 unspecified atom stereocenters. The number of hydrogen-bond donors (Lipinski definition) is 2. The maximum absolute atomic E-state index is 4.85. The van der Waals surface area contributed by atoms with Gasteiger partial charge in [-0.15, -0.1) is 0 Å². The fraction of sp³-hybridized carbons (Fsp3) is 0.476. The Morgan fingerprint density at radius 3 is 2.52 bits per heavy atom. The van der Waals surface area contributed by atoms with Crippen LogP contribution in [0.2, 0.25) is 0 Å². The second kappa shape index (κ2) is 7.51. The van der Waals surface area contributed by atoms with Crippen LogP contribution < -0.4 is 20.5 Å². The van der Waals surface area contributed by atoms with Crippen molar-refractivity contribution >= 4 is 28.5 Å². The lowest BCUT2D eigenvalue weighted by atomic mass is 10.2. The molecule has 152 valence electrons. The van der Waals surface area contributed by atoms with E-state index in [0.29, 0.717) is 5.95 Å². The van der Waals surface area contributed by atoms with Crippen LogP contribution in [-0.2, 0) is 0 Å². The van der Waals surface area contributed by atoms with E-state index in [1.54, 1.807) is 0 Å². The average Bonchev–Trinajstić information content (AvgIpc) is 3.37. The van der Waals surface area contributed by atoms with Gasteiger partial charge in [0.1, 0.15) is 5.82 Å². The third kappa shape index (κ3) is 3.48. The van der Waals surface area contributed by atoms with Crippen molar-refractivity contribution in [1.82, 2.24) is 24.9 Å². The summed E-state index contributed by atoms with van der Waals surface area (Å²) < 4.78 is 2.21. The monoisotopic (exact) mass is 392 g/mol. The van der Waals surface area contributed by atoms with Crippen molar-refractivity contribution in [2.24, 2.45) is 0 Å². The summed E-state index contributed by atoms with van der Waals surface area (Å²) >= 11 is 0. The van der Waals surface area contributed by atoms with Gasteiger partial charge in [-0.2, -0.15) is 4.98 Å². The van der Waals surface area contributed by atoms with Gasteiger partial charge < -0.3 is 20.5 Å². The third-order valence-electron chi connectivity index (χ3n) is 5.86. The number of aromatic nitrogens is 4. The molecule has 0 spiro atoms. The molecule has 0 bridgehead atoms. The summed E-state index contributed by atoms with van der Waals surface area (Å²) in [6.07, 6.45) is 6.58. The molecule has 3 aromatic rings. The van der Waals surface area contributed by atoms with Gasteiger partial charge in [0.05, 0.1) is 17.6 Å². The largest absolute Gasteiger partial charge is 0.368 e. The van der Waals surface area contributed by atoms with E-state index < -0.39 is 0 Å². The minimum Gasteiger partial charge on any atom is -0.368 e.